The third kappa shape index (κ3) is 4.06. The van der Waals surface area contributed by atoms with Gasteiger partial charge in [0, 0.05) is 11.4 Å². The van der Waals surface area contributed by atoms with Crippen molar-refractivity contribution in [3.63, 3.8) is 0 Å². The van der Waals surface area contributed by atoms with E-state index in [-0.39, 0.29) is 5.56 Å². The number of nitrogens with one attached hydrogen (secondary N) is 1. The number of aromatic amines is 1. The van der Waals surface area contributed by atoms with Crippen LogP contribution in [0.1, 0.15) is 30.9 Å². The van der Waals surface area contributed by atoms with E-state index in [0.717, 1.165) is 17.7 Å². The van der Waals surface area contributed by atoms with E-state index in [1.54, 1.807) is 0 Å². The Morgan fingerprint density at radius 1 is 1.30 bits per heavy atom. The van der Waals surface area contributed by atoms with E-state index in [0.29, 0.717) is 26.8 Å². The fourth-order valence-corrected chi connectivity index (χ4v) is 2.56. The van der Waals surface area contributed by atoms with E-state index in [9.17, 15) is 4.79 Å². The Kier molecular flexibility index (Phi) is 5.21. The van der Waals surface area contributed by atoms with Gasteiger partial charge in [-0.15, -0.1) is 0 Å². The van der Waals surface area contributed by atoms with Crippen LogP contribution in [0.15, 0.2) is 29.1 Å². The summed E-state index contributed by atoms with van der Waals surface area (Å²) in [7, 11) is 0. The van der Waals surface area contributed by atoms with E-state index in [1.165, 1.54) is 0 Å². The van der Waals surface area contributed by atoms with Crippen LogP contribution in [0, 0.1) is 9.49 Å². The summed E-state index contributed by atoms with van der Waals surface area (Å²) in [6.45, 7) is 4.25. The zero-order valence-electron chi connectivity index (χ0n) is 11.4. The molecule has 106 valence electrons. The topological polar surface area (TPSA) is 45.8 Å². The third-order valence-corrected chi connectivity index (χ3v) is 4.23. The van der Waals surface area contributed by atoms with Crippen molar-refractivity contribution in [3.05, 3.63) is 60.3 Å². The molecule has 1 aromatic carbocycles. The summed E-state index contributed by atoms with van der Waals surface area (Å²) in [5, 5.41) is 0.707. The monoisotopic (exact) mass is 402 g/mol. The number of nitrogens with zero attached hydrogens (tertiary/aromatic N) is 1. The quantitative estimate of drug-likeness (QED) is 0.790. The van der Waals surface area contributed by atoms with Gasteiger partial charge in [-0.25, -0.2) is 4.98 Å². The third-order valence-electron chi connectivity index (χ3n) is 2.87. The molecule has 1 aromatic heterocycles. The van der Waals surface area contributed by atoms with Gasteiger partial charge in [-0.1, -0.05) is 37.6 Å². The average Bonchev–Trinajstić information content (AvgIpc) is 2.37. The number of hydrogen-bond acceptors (Lipinski definition) is 2. The second-order valence-corrected chi connectivity index (χ2v) is 6.69. The van der Waals surface area contributed by atoms with Crippen LogP contribution in [0.5, 0.6) is 0 Å². The van der Waals surface area contributed by atoms with Crippen molar-refractivity contribution in [3.8, 4) is 0 Å². The number of benzene rings is 1. The van der Waals surface area contributed by atoms with Crippen molar-refractivity contribution in [2.75, 3.05) is 0 Å². The summed E-state index contributed by atoms with van der Waals surface area (Å²) in [5.74, 6) is 1.18. The van der Waals surface area contributed by atoms with Crippen molar-refractivity contribution in [2.45, 2.75) is 26.7 Å². The van der Waals surface area contributed by atoms with E-state index < -0.39 is 0 Å². The van der Waals surface area contributed by atoms with Crippen molar-refractivity contribution >= 4 is 34.2 Å². The zero-order chi connectivity index (χ0) is 14.7. The van der Waals surface area contributed by atoms with Crippen LogP contribution in [-0.2, 0) is 12.8 Å². The molecule has 0 aliphatic heterocycles. The molecule has 0 saturated heterocycles. The first kappa shape index (κ1) is 15.5. The van der Waals surface area contributed by atoms with E-state index in [2.05, 4.69) is 46.4 Å². The zero-order valence-corrected chi connectivity index (χ0v) is 14.3. The summed E-state index contributed by atoms with van der Waals surface area (Å²) in [6.07, 6.45) is 1.42. The first-order valence-electron chi connectivity index (χ1n) is 6.47. The van der Waals surface area contributed by atoms with E-state index >= 15 is 0 Å². The molecular weight excluding hydrogens is 387 g/mol. The summed E-state index contributed by atoms with van der Waals surface area (Å²) in [4.78, 5) is 19.4. The standard InChI is InChI=1S/C15H16ClIN2O/c1-9(2)7-12-14(17)15(20)19-13(18-12)8-10-3-5-11(16)6-4-10/h3-6,9H,7-8H2,1-2H3,(H,18,19,20). The lowest BCUT2D eigenvalue weighted by molar-refractivity contribution is 0.626. The summed E-state index contributed by atoms with van der Waals surface area (Å²) < 4.78 is 0.691. The molecule has 0 amide bonds. The SMILES string of the molecule is CC(C)Cc1nc(Cc2ccc(Cl)cc2)[nH]c(=O)c1I. The van der Waals surface area contributed by atoms with Gasteiger partial charge >= 0.3 is 0 Å². The van der Waals surface area contributed by atoms with Crippen LogP contribution in [-0.4, -0.2) is 9.97 Å². The number of aromatic nitrogens is 2. The maximum Gasteiger partial charge on any atom is 0.264 e. The molecule has 2 aromatic rings. The lowest BCUT2D eigenvalue weighted by atomic mass is 10.1. The van der Waals surface area contributed by atoms with E-state index in [4.69, 9.17) is 11.6 Å². The first-order chi connectivity index (χ1) is 9.45. The van der Waals surface area contributed by atoms with Crippen LogP contribution in [0.2, 0.25) is 5.02 Å². The minimum atomic E-state index is -0.0554. The molecule has 0 saturated carbocycles. The highest BCUT2D eigenvalue weighted by atomic mass is 127. The Morgan fingerprint density at radius 3 is 2.55 bits per heavy atom. The Bertz CT molecular complexity index is 650. The molecule has 3 nitrogen and oxygen atoms in total. The van der Waals surface area contributed by atoms with Crippen molar-refractivity contribution in [1.82, 2.24) is 9.97 Å². The van der Waals surface area contributed by atoms with Crippen LogP contribution < -0.4 is 5.56 Å². The molecule has 2 rings (SSSR count). The maximum atomic E-state index is 12.0. The number of H-pyrrole nitrogens is 1. The highest BCUT2D eigenvalue weighted by Gasteiger charge is 2.11. The molecule has 1 heterocycles. The molecule has 20 heavy (non-hydrogen) atoms. The largest absolute Gasteiger partial charge is 0.309 e. The summed E-state index contributed by atoms with van der Waals surface area (Å²) >= 11 is 7.94. The van der Waals surface area contributed by atoms with Gasteiger partial charge in [-0.3, -0.25) is 4.79 Å². The maximum absolute atomic E-state index is 12.0. The minimum absolute atomic E-state index is 0.0554. The fourth-order valence-electron chi connectivity index (χ4n) is 1.96. The molecule has 0 unspecified atom stereocenters. The molecule has 1 N–H and O–H groups in total. The highest BCUT2D eigenvalue weighted by Crippen LogP contribution is 2.14. The molecule has 0 atom stereocenters. The highest BCUT2D eigenvalue weighted by molar-refractivity contribution is 14.1. The predicted molar refractivity (Wildman–Crippen MR) is 90.4 cm³/mol. The van der Waals surface area contributed by atoms with Gasteiger partial charge in [0.05, 0.1) is 9.26 Å². The minimum Gasteiger partial charge on any atom is -0.309 e. The van der Waals surface area contributed by atoms with Crippen LogP contribution in [0.25, 0.3) is 0 Å². The van der Waals surface area contributed by atoms with Gasteiger partial charge in [-0.2, -0.15) is 0 Å². The van der Waals surface area contributed by atoms with E-state index in [1.807, 2.05) is 24.3 Å². The van der Waals surface area contributed by atoms with Gasteiger partial charge < -0.3 is 4.98 Å². The molecule has 5 heteroatoms. The average molecular weight is 403 g/mol. The van der Waals surface area contributed by atoms with Gasteiger partial charge in [-0.05, 0) is 52.6 Å². The van der Waals surface area contributed by atoms with Crippen LogP contribution in [0.4, 0.5) is 0 Å². The summed E-state index contributed by atoms with van der Waals surface area (Å²) in [6, 6.07) is 7.58. The smallest absolute Gasteiger partial charge is 0.264 e. The van der Waals surface area contributed by atoms with Gasteiger partial charge in [0.25, 0.3) is 5.56 Å². The van der Waals surface area contributed by atoms with Gasteiger partial charge in [0.2, 0.25) is 0 Å². The molecule has 0 aliphatic carbocycles. The first-order valence-corrected chi connectivity index (χ1v) is 7.93. The van der Waals surface area contributed by atoms with Crippen molar-refractivity contribution < 1.29 is 0 Å². The van der Waals surface area contributed by atoms with Crippen molar-refractivity contribution in [2.24, 2.45) is 5.92 Å². The second kappa shape index (κ2) is 6.72. The van der Waals surface area contributed by atoms with Crippen LogP contribution in [0.3, 0.4) is 0 Å². The van der Waals surface area contributed by atoms with Gasteiger partial charge in [0.1, 0.15) is 5.82 Å². The fraction of sp³-hybridized carbons (Fsp3) is 0.333. The van der Waals surface area contributed by atoms with Crippen LogP contribution >= 0.6 is 34.2 Å². The van der Waals surface area contributed by atoms with Crippen molar-refractivity contribution in [1.29, 1.82) is 0 Å². The number of rotatable bonds is 4. The Balaban J connectivity index is 2.30. The Morgan fingerprint density at radius 2 is 1.95 bits per heavy atom. The molecular formula is C15H16ClIN2O. The Hall–Kier alpha value is -0.880. The number of halogens is 2. The predicted octanol–water partition coefficient (Wildman–Crippen LogP) is 3.82. The normalized spacial score (nSPS) is 11.1. The molecule has 0 aliphatic rings. The number of hydrogen-bond donors (Lipinski definition) is 1. The lowest BCUT2D eigenvalue weighted by Gasteiger charge is -2.09. The summed E-state index contributed by atoms with van der Waals surface area (Å²) in [5.41, 5.74) is 1.91. The Labute approximate surface area is 136 Å². The molecule has 0 bridgehead atoms. The second-order valence-electron chi connectivity index (χ2n) is 5.17. The lowest BCUT2D eigenvalue weighted by Crippen LogP contribution is -2.19. The molecule has 0 spiro atoms. The van der Waals surface area contributed by atoms with Gasteiger partial charge in [0.15, 0.2) is 0 Å². The molecule has 0 fully saturated rings. The molecule has 0 radical (unpaired) electrons.